The zero-order valence-corrected chi connectivity index (χ0v) is 19.0. The number of amides is 1. The maximum absolute atomic E-state index is 12.1. The molecular weight excluding hydrogens is 479 g/mol. The molecule has 35 heavy (non-hydrogen) atoms. The number of carbonyl (C=O) groups excluding carboxylic acids is 1. The first-order chi connectivity index (χ1) is 16.4. The van der Waals surface area contributed by atoms with Crippen LogP contribution in [0.15, 0.2) is 18.2 Å². The number of carboxylic acid groups (broad SMARTS) is 1. The fourth-order valence-corrected chi connectivity index (χ4v) is 4.28. The molecule has 1 aromatic carbocycles. The van der Waals surface area contributed by atoms with Crippen LogP contribution in [0.3, 0.4) is 0 Å². The number of aromatic hydroxyl groups is 1. The van der Waals surface area contributed by atoms with Crippen molar-refractivity contribution in [2.24, 2.45) is 0 Å². The van der Waals surface area contributed by atoms with Crippen molar-refractivity contribution >= 4 is 17.6 Å². The minimum atomic E-state index is -5.08. The quantitative estimate of drug-likeness (QED) is 0.389. The Kier molecular flexibility index (Phi) is 9.80. The van der Waals surface area contributed by atoms with Gasteiger partial charge in [0.2, 0.25) is 5.91 Å². The second kappa shape index (κ2) is 12.1. The number of aliphatic carboxylic acids is 1. The number of carbonyl (C=O) groups is 2. The molecule has 1 heterocycles. The van der Waals surface area contributed by atoms with E-state index in [0.29, 0.717) is 31.8 Å². The lowest BCUT2D eigenvalue weighted by Gasteiger charge is -2.49. The fourth-order valence-electron chi connectivity index (χ4n) is 4.28. The van der Waals surface area contributed by atoms with Crippen LogP contribution in [0.2, 0.25) is 0 Å². The number of methoxy groups -OCH3 is 1. The number of nitro benzene ring substituents is 1. The topological polar surface area (TPSA) is 151 Å². The van der Waals surface area contributed by atoms with Gasteiger partial charge in [0.15, 0.2) is 0 Å². The molecule has 11 nitrogen and oxygen atoms in total. The molecule has 1 amide bonds. The number of halogens is 3. The van der Waals surface area contributed by atoms with Crippen LogP contribution in [0.5, 0.6) is 5.75 Å². The van der Waals surface area contributed by atoms with Crippen LogP contribution in [0.1, 0.15) is 31.2 Å². The van der Waals surface area contributed by atoms with Crippen LogP contribution in [0.25, 0.3) is 0 Å². The number of nitrogens with one attached hydrogen (secondary N) is 1. The largest absolute Gasteiger partial charge is 0.508 e. The van der Waals surface area contributed by atoms with E-state index in [4.69, 9.17) is 19.4 Å². The molecule has 2 atom stereocenters. The highest BCUT2D eigenvalue weighted by atomic mass is 19.4. The number of ether oxygens (including phenoxy) is 2. The summed E-state index contributed by atoms with van der Waals surface area (Å²) in [4.78, 5) is 34.0. The monoisotopic (exact) mass is 507 g/mol. The minimum absolute atomic E-state index is 0.00550. The van der Waals surface area contributed by atoms with E-state index in [2.05, 4.69) is 10.2 Å². The van der Waals surface area contributed by atoms with Gasteiger partial charge in [0.25, 0.3) is 5.69 Å². The maximum atomic E-state index is 12.1. The third-order valence-electron chi connectivity index (χ3n) is 5.77. The lowest BCUT2D eigenvalue weighted by molar-refractivity contribution is -0.385. The molecule has 196 valence electrons. The number of rotatable bonds is 6. The Hall–Kier alpha value is -2.97. The molecule has 1 saturated heterocycles. The summed E-state index contributed by atoms with van der Waals surface area (Å²) in [5.74, 6) is -2.92. The second-order valence-corrected chi connectivity index (χ2v) is 8.30. The van der Waals surface area contributed by atoms with Gasteiger partial charge in [-0.3, -0.25) is 19.8 Å². The Morgan fingerprint density at radius 1 is 1.37 bits per heavy atom. The molecule has 0 aromatic heterocycles. The maximum Gasteiger partial charge on any atom is 0.490 e. The molecule has 1 aliphatic carbocycles. The molecular formula is C21H28F3N3O8. The van der Waals surface area contributed by atoms with Crippen LogP contribution in [-0.2, 0) is 25.6 Å². The summed E-state index contributed by atoms with van der Waals surface area (Å²) >= 11 is 0. The standard InChI is InChI=1S/C19H27N3O6.C2HF3O2/c1-27-12-18(24)20-17-4-2-3-7-19(17)13-21(8-9-28-19)11-14-10-15(23)5-6-16(14)22(25)26;3-2(4,5)1(6)7/h5-6,10,17,23H,2-4,7-9,11-13H2,1H3,(H,20,24);(H,6,7). The molecule has 3 rings (SSSR count). The third kappa shape index (κ3) is 8.04. The van der Waals surface area contributed by atoms with Crippen LogP contribution in [-0.4, -0.2) is 83.1 Å². The normalized spacial score (nSPS) is 22.7. The molecule has 2 aliphatic rings. The number of benzene rings is 1. The number of phenolic OH excluding ortho intramolecular Hbond substituents is 1. The summed E-state index contributed by atoms with van der Waals surface area (Å²) in [6.07, 6.45) is -1.41. The molecule has 2 unspecified atom stereocenters. The lowest BCUT2D eigenvalue weighted by atomic mass is 9.78. The van der Waals surface area contributed by atoms with Gasteiger partial charge in [0.1, 0.15) is 18.0 Å². The van der Waals surface area contributed by atoms with Gasteiger partial charge in [0.05, 0.1) is 17.6 Å². The Morgan fingerprint density at radius 2 is 2.06 bits per heavy atom. The number of phenols is 1. The summed E-state index contributed by atoms with van der Waals surface area (Å²) in [5, 5.41) is 31.2. The molecule has 0 bridgehead atoms. The Balaban J connectivity index is 0.000000540. The molecule has 1 spiro atoms. The molecule has 1 aliphatic heterocycles. The predicted molar refractivity (Wildman–Crippen MR) is 115 cm³/mol. The van der Waals surface area contributed by atoms with E-state index >= 15 is 0 Å². The Labute approximate surface area is 198 Å². The van der Waals surface area contributed by atoms with E-state index in [1.807, 2.05) is 0 Å². The number of morpholine rings is 1. The van der Waals surface area contributed by atoms with Crippen molar-refractivity contribution in [1.29, 1.82) is 0 Å². The Bertz CT molecular complexity index is 910. The Morgan fingerprint density at radius 3 is 2.66 bits per heavy atom. The predicted octanol–water partition coefficient (Wildman–Crippen LogP) is 2.21. The van der Waals surface area contributed by atoms with Crippen molar-refractivity contribution < 1.29 is 47.4 Å². The summed E-state index contributed by atoms with van der Waals surface area (Å²) in [5.41, 5.74) is -0.0457. The van der Waals surface area contributed by atoms with Crippen LogP contribution in [0.4, 0.5) is 18.9 Å². The highest BCUT2D eigenvalue weighted by Crippen LogP contribution is 2.36. The minimum Gasteiger partial charge on any atom is -0.508 e. The SMILES string of the molecule is COCC(=O)NC1CCCCC12CN(Cc1cc(O)ccc1[N+](=O)[O-])CCO2.O=C(O)C(F)(F)F. The van der Waals surface area contributed by atoms with Gasteiger partial charge in [-0.05, 0) is 25.0 Å². The first-order valence-corrected chi connectivity index (χ1v) is 10.8. The number of carboxylic acids is 1. The van der Waals surface area contributed by atoms with Gasteiger partial charge in [0, 0.05) is 38.4 Å². The zero-order chi connectivity index (χ0) is 26.2. The van der Waals surface area contributed by atoms with Crippen molar-refractivity contribution in [3.8, 4) is 5.75 Å². The second-order valence-electron chi connectivity index (χ2n) is 8.30. The highest BCUT2D eigenvalue weighted by Gasteiger charge is 2.46. The van der Waals surface area contributed by atoms with E-state index in [1.165, 1.54) is 25.3 Å². The van der Waals surface area contributed by atoms with E-state index < -0.39 is 22.7 Å². The van der Waals surface area contributed by atoms with E-state index in [9.17, 15) is 33.2 Å². The number of nitro groups is 1. The zero-order valence-electron chi connectivity index (χ0n) is 19.0. The van der Waals surface area contributed by atoms with E-state index in [-0.39, 0.29) is 30.0 Å². The summed E-state index contributed by atoms with van der Waals surface area (Å²) in [6.45, 7) is 2.04. The summed E-state index contributed by atoms with van der Waals surface area (Å²) < 4.78 is 42.8. The lowest BCUT2D eigenvalue weighted by Crippen LogP contribution is -2.64. The number of alkyl halides is 3. The van der Waals surface area contributed by atoms with Gasteiger partial charge < -0.3 is 25.0 Å². The number of nitrogens with zero attached hydrogens (tertiary/aromatic N) is 2. The average Bonchev–Trinajstić information content (AvgIpc) is 2.75. The fraction of sp³-hybridized carbons (Fsp3) is 0.619. The molecule has 1 aromatic rings. The first-order valence-electron chi connectivity index (χ1n) is 10.8. The average molecular weight is 507 g/mol. The summed E-state index contributed by atoms with van der Waals surface area (Å²) in [6, 6.07) is 3.98. The van der Waals surface area contributed by atoms with Gasteiger partial charge in [-0.15, -0.1) is 0 Å². The number of hydrogen-bond donors (Lipinski definition) is 3. The van der Waals surface area contributed by atoms with Crippen molar-refractivity contribution in [3.05, 3.63) is 33.9 Å². The molecule has 14 heteroatoms. The molecule has 2 fully saturated rings. The molecule has 0 radical (unpaired) electrons. The molecule has 1 saturated carbocycles. The van der Waals surface area contributed by atoms with Crippen LogP contribution in [0, 0.1) is 10.1 Å². The van der Waals surface area contributed by atoms with Gasteiger partial charge >= 0.3 is 12.1 Å². The third-order valence-corrected chi connectivity index (χ3v) is 5.77. The summed E-state index contributed by atoms with van der Waals surface area (Å²) in [7, 11) is 1.48. The van der Waals surface area contributed by atoms with Gasteiger partial charge in [-0.1, -0.05) is 12.8 Å². The van der Waals surface area contributed by atoms with Crippen molar-refractivity contribution in [3.63, 3.8) is 0 Å². The van der Waals surface area contributed by atoms with E-state index in [0.717, 1.165) is 25.7 Å². The number of hydrogen-bond acceptors (Lipinski definition) is 8. The van der Waals surface area contributed by atoms with Crippen LogP contribution < -0.4 is 5.32 Å². The van der Waals surface area contributed by atoms with Crippen molar-refractivity contribution in [2.45, 2.75) is 50.0 Å². The van der Waals surface area contributed by atoms with Crippen LogP contribution >= 0.6 is 0 Å². The van der Waals surface area contributed by atoms with Gasteiger partial charge in [-0.25, -0.2) is 4.79 Å². The van der Waals surface area contributed by atoms with Crippen molar-refractivity contribution in [2.75, 3.05) is 33.4 Å². The van der Waals surface area contributed by atoms with E-state index in [1.54, 1.807) is 0 Å². The van der Waals surface area contributed by atoms with Gasteiger partial charge in [-0.2, -0.15) is 13.2 Å². The smallest absolute Gasteiger partial charge is 0.490 e. The molecule has 3 N–H and O–H groups in total. The highest BCUT2D eigenvalue weighted by molar-refractivity contribution is 5.77. The first kappa shape index (κ1) is 28.3. The van der Waals surface area contributed by atoms with Crippen molar-refractivity contribution in [1.82, 2.24) is 10.2 Å².